The van der Waals surface area contributed by atoms with Crippen molar-refractivity contribution in [1.29, 1.82) is 0 Å². The summed E-state index contributed by atoms with van der Waals surface area (Å²) in [6.45, 7) is 11.1. The van der Waals surface area contributed by atoms with E-state index in [4.69, 9.17) is 14.2 Å². The summed E-state index contributed by atoms with van der Waals surface area (Å²) in [6, 6.07) is 0. The second-order valence-corrected chi connectivity index (χ2v) is 19.0. The predicted octanol–water partition coefficient (Wildman–Crippen LogP) is 18.2. The van der Waals surface area contributed by atoms with Crippen LogP contribution in [-0.4, -0.2) is 24.8 Å². The van der Waals surface area contributed by atoms with Gasteiger partial charge in [0, 0.05) is 25.7 Å². The Morgan fingerprint density at radius 3 is 0.818 bits per heavy atom. The van der Waals surface area contributed by atoms with Gasteiger partial charge >= 0.3 is 0 Å². The summed E-state index contributed by atoms with van der Waals surface area (Å²) in [5, 5.41) is 0. The summed E-state index contributed by atoms with van der Waals surface area (Å²) in [5.74, 6) is 1.26. The summed E-state index contributed by atoms with van der Waals surface area (Å²) in [7, 11) is 0. The molecule has 0 aromatic heterocycles. The van der Waals surface area contributed by atoms with Gasteiger partial charge in [-0.3, -0.25) is 0 Å². The smallest absolute Gasteiger partial charge is 0.173 e. The van der Waals surface area contributed by atoms with Gasteiger partial charge in [-0.2, -0.15) is 0 Å². The minimum Gasteiger partial charge on any atom is -0.349 e. The van der Waals surface area contributed by atoms with Gasteiger partial charge in [-0.05, 0) is 24.7 Å². The van der Waals surface area contributed by atoms with Gasteiger partial charge < -0.3 is 14.2 Å². The van der Waals surface area contributed by atoms with Crippen LogP contribution in [-0.2, 0) is 14.2 Å². The Balaban J connectivity index is 1.51. The van der Waals surface area contributed by atoms with Crippen LogP contribution in [0, 0.1) is 11.8 Å². The molecule has 0 aliphatic carbocycles. The maximum Gasteiger partial charge on any atom is 0.173 e. The topological polar surface area (TPSA) is 27.7 Å². The van der Waals surface area contributed by atoms with Gasteiger partial charge in [-0.1, -0.05) is 259 Å². The molecular formula is C52H102O3. The van der Waals surface area contributed by atoms with Gasteiger partial charge in [0.15, 0.2) is 11.6 Å². The van der Waals surface area contributed by atoms with Crippen molar-refractivity contribution in [3.8, 4) is 0 Å². The number of unbranched alkanes of at least 4 members (excludes halogenated alkanes) is 26. The Labute approximate surface area is 347 Å². The molecule has 3 nitrogen and oxygen atoms in total. The Hall–Kier alpha value is -0.120. The first-order valence-electron chi connectivity index (χ1n) is 26.1. The molecule has 328 valence electrons. The van der Waals surface area contributed by atoms with Gasteiger partial charge in [0.1, 0.15) is 0 Å². The largest absolute Gasteiger partial charge is 0.349 e. The van der Waals surface area contributed by atoms with E-state index in [2.05, 4.69) is 27.7 Å². The van der Waals surface area contributed by atoms with E-state index in [9.17, 15) is 0 Å². The Kier molecular flexibility index (Phi) is 33.2. The highest BCUT2D eigenvalue weighted by atomic mass is 16.8. The van der Waals surface area contributed by atoms with Crippen LogP contribution in [0.15, 0.2) is 0 Å². The summed E-state index contributed by atoms with van der Waals surface area (Å²) >= 11 is 0. The lowest BCUT2D eigenvalue weighted by Crippen LogP contribution is -2.57. The van der Waals surface area contributed by atoms with Crippen LogP contribution in [0.4, 0.5) is 0 Å². The normalized spacial score (nSPS) is 20.7. The van der Waals surface area contributed by atoms with Gasteiger partial charge in [-0.25, -0.2) is 0 Å². The maximum absolute atomic E-state index is 6.80. The lowest BCUT2D eigenvalue weighted by Gasteiger charge is -2.51. The molecule has 4 atom stereocenters. The first-order chi connectivity index (χ1) is 27.1. The fourth-order valence-electron chi connectivity index (χ4n) is 9.71. The van der Waals surface area contributed by atoms with Crippen LogP contribution in [0.25, 0.3) is 0 Å². The monoisotopic (exact) mass is 775 g/mol. The molecule has 4 unspecified atom stereocenters. The molecule has 0 aromatic carbocycles. The predicted molar refractivity (Wildman–Crippen MR) is 242 cm³/mol. The summed E-state index contributed by atoms with van der Waals surface area (Å²) < 4.78 is 19.2. The van der Waals surface area contributed by atoms with Crippen LogP contribution >= 0.6 is 0 Å². The molecular weight excluding hydrogens is 673 g/mol. The lowest BCUT2D eigenvalue weighted by atomic mass is 9.90. The number of ether oxygens (including phenoxy) is 3. The molecule has 3 heteroatoms. The van der Waals surface area contributed by atoms with E-state index < -0.39 is 0 Å². The summed E-state index contributed by atoms with van der Waals surface area (Å²) in [6.07, 6.45) is 58.2. The van der Waals surface area contributed by atoms with Crippen molar-refractivity contribution < 1.29 is 14.2 Å². The van der Waals surface area contributed by atoms with Crippen molar-refractivity contribution in [2.45, 2.75) is 309 Å². The third kappa shape index (κ3) is 26.6. The van der Waals surface area contributed by atoms with E-state index in [0.717, 1.165) is 50.7 Å². The average Bonchev–Trinajstić information content (AvgIpc) is 3.16. The molecule has 0 saturated carbocycles. The van der Waals surface area contributed by atoms with Crippen molar-refractivity contribution in [1.82, 2.24) is 0 Å². The van der Waals surface area contributed by atoms with E-state index >= 15 is 0 Å². The zero-order valence-corrected chi connectivity index (χ0v) is 38.5. The first-order valence-corrected chi connectivity index (χ1v) is 26.1. The van der Waals surface area contributed by atoms with Gasteiger partial charge in [0.25, 0.3) is 0 Å². The maximum atomic E-state index is 6.80. The minimum absolute atomic E-state index is 0.356. The zero-order chi connectivity index (χ0) is 39.4. The number of rotatable bonds is 44. The van der Waals surface area contributed by atoms with Gasteiger partial charge in [0.2, 0.25) is 0 Å². The highest BCUT2D eigenvalue weighted by molar-refractivity contribution is 4.86. The van der Waals surface area contributed by atoms with Crippen molar-refractivity contribution >= 4 is 0 Å². The molecule has 0 aromatic rings. The summed E-state index contributed by atoms with van der Waals surface area (Å²) in [5.41, 5.74) is 0. The molecule has 2 heterocycles. The molecule has 0 radical (unpaired) electrons. The zero-order valence-electron chi connectivity index (χ0n) is 38.5. The third-order valence-electron chi connectivity index (χ3n) is 13.8. The highest BCUT2D eigenvalue weighted by Gasteiger charge is 2.50. The molecule has 2 aliphatic heterocycles. The fourth-order valence-corrected chi connectivity index (χ4v) is 9.71. The molecule has 0 N–H and O–H groups in total. The Bertz CT molecular complexity index is 724. The third-order valence-corrected chi connectivity index (χ3v) is 13.8. The van der Waals surface area contributed by atoms with E-state index in [1.807, 2.05) is 0 Å². The van der Waals surface area contributed by atoms with E-state index in [-0.39, 0.29) is 11.6 Å². The van der Waals surface area contributed by atoms with E-state index in [0.29, 0.717) is 0 Å². The van der Waals surface area contributed by atoms with Crippen LogP contribution in [0.5, 0.6) is 0 Å². The quantitative estimate of drug-likeness (QED) is 0.0577. The first kappa shape index (κ1) is 51.0. The SMILES string of the molecule is CCCCCCCCCCC(CCCC)CCCCCCCCC1(OC2(CCCCCCCCC(CCCC)CCCCCCCCCC)CCO2)CCO1. The fraction of sp³-hybridized carbons (Fsp3) is 1.00. The van der Waals surface area contributed by atoms with Gasteiger partial charge in [0.05, 0.1) is 13.2 Å². The molecule has 2 fully saturated rings. The summed E-state index contributed by atoms with van der Waals surface area (Å²) in [4.78, 5) is 0. The van der Waals surface area contributed by atoms with Crippen molar-refractivity contribution in [3.63, 3.8) is 0 Å². The molecule has 55 heavy (non-hydrogen) atoms. The standard InChI is InChI=1S/C52H102O3/c1-5-9-13-15-17-19-25-31-39-49(37-11-7-3)41-33-27-21-23-29-35-43-51(45-47-53-51)55-52(46-48-54-52)44-36-30-24-22-28-34-42-50(38-12-8-4)40-32-26-20-18-16-14-10-6-2/h49-50H,5-48H2,1-4H3. The van der Waals surface area contributed by atoms with Crippen molar-refractivity contribution in [3.05, 3.63) is 0 Å². The second-order valence-electron chi connectivity index (χ2n) is 19.0. The number of hydrogen-bond donors (Lipinski definition) is 0. The van der Waals surface area contributed by atoms with Crippen LogP contribution in [0.2, 0.25) is 0 Å². The van der Waals surface area contributed by atoms with E-state index in [1.165, 1.54) is 244 Å². The van der Waals surface area contributed by atoms with Gasteiger partial charge in [-0.15, -0.1) is 0 Å². The Morgan fingerprint density at radius 2 is 0.564 bits per heavy atom. The molecule has 0 spiro atoms. The second kappa shape index (κ2) is 35.8. The molecule has 2 aliphatic rings. The molecule has 0 bridgehead atoms. The van der Waals surface area contributed by atoms with Crippen molar-refractivity contribution in [2.24, 2.45) is 11.8 Å². The number of hydrogen-bond acceptors (Lipinski definition) is 3. The molecule has 0 amide bonds. The van der Waals surface area contributed by atoms with Crippen molar-refractivity contribution in [2.75, 3.05) is 13.2 Å². The average molecular weight is 775 g/mol. The molecule has 2 rings (SSSR count). The Morgan fingerprint density at radius 1 is 0.327 bits per heavy atom. The van der Waals surface area contributed by atoms with E-state index in [1.54, 1.807) is 0 Å². The molecule has 2 saturated heterocycles. The van der Waals surface area contributed by atoms with Crippen LogP contribution in [0.3, 0.4) is 0 Å². The lowest BCUT2D eigenvalue weighted by molar-refractivity contribution is -0.432. The minimum atomic E-state index is -0.356. The highest BCUT2D eigenvalue weighted by Crippen LogP contribution is 2.44. The van der Waals surface area contributed by atoms with Crippen LogP contribution in [0.1, 0.15) is 297 Å². The van der Waals surface area contributed by atoms with Crippen LogP contribution < -0.4 is 0 Å².